The van der Waals surface area contributed by atoms with Gasteiger partial charge in [-0.3, -0.25) is 4.79 Å². The number of amides is 1. The van der Waals surface area contributed by atoms with Gasteiger partial charge in [0.1, 0.15) is 0 Å². The maximum Gasteiger partial charge on any atom is 0.251 e. The van der Waals surface area contributed by atoms with E-state index in [4.69, 9.17) is 0 Å². The van der Waals surface area contributed by atoms with Gasteiger partial charge in [-0.2, -0.15) is 0 Å². The molecular formula is C13H19NOS. The number of hydrogen-bond acceptors (Lipinski definition) is 2. The van der Waals surface area contributed by atoms with Gasteiger partial charge in [-0.15, -0.1) is 12.6 Å². The molecule has 88 valence electrons. The van der Waals surface area contributed by atoms with Crippen molar-refractivity contribution in [1.82, 2.24) is 5.32 Å². The number of rotatable bonds is 5. The Morgan fingerprint density at radius 2 is 2.00 bits per heavy atom. The van der Waals surface area contributed by atoms with E-state index in [1.807, 2.05) is 19.1 Å². The van der Waals surface area contributed by atoms with E-state index in [0.29, 0.717) is 5.56 Å². The summed E-state index contributed by atoms with van der Waals surface area (Å²) in [4.78, 5) is 12.7. The summed E-state index contributed by atoms with van der Waals surface area (Å²) in [6.45, 7) is 4.19. The molecule has 0 heterocycles. The van der Waals surface area contributed by atoms with Gasteiger partial charge >= 0.3 is 0 Å². The molecule has 2 nitrogen and oxygen atoms in total. The molecular weight excluding hydrogens is 218 g/mol. The summed E-state index contributed by atoms with van der Waals surface area (Å²) in [5.41, 5.74) is 0.696. The summed E-state index contributed by atoms with van der Waals surface area (Å²) < 4.78 is 0. The summed E-state index contributed by atoms with van der Waals surface area (Å²) in [6.07, 6.45) is 3.35. The number of benzene rings is 1. The van der Waals surface area contributed by atoms with Gasteiger partial charge in [-0.25, -0.2) is 0 Å². The molecule has 0 spiro atoms. The van der Waals surface area contributed by atoms with Gasteiger partial charge in [0.15, 0.2) is 0 Å². The van der Waals surface area contributed by atoms with Crippen LogP contribution in [0, 0.1) is 0 Å². The number of nitrogens with one attached hydrogen (secondary N) is 1. The Bertz CT molecular complexity index is 334. The first-order valence-electron chi connectivity index (χ1n) is 5.73. The van der Waals surface area contributed by atoms with E-state index in [9.17, 15) is 4.79 Å². The largest absolute Gasteiger partial charge is 0.350 e. The fourth-order valence-electron chi connectivity index (χ4n) is 1.50. The Morgan fingerprint density at radius 1 is 1.38 bits per heavy atom. The van der Waals surface area contributed by atoms with Crippen molar-refractivity contribution in [1.29, 1.82) is 0 Å². The molecule has 0 bridgehead atoms. The first-order valence-corrected chi connectivity index (χ1v) is 6.18. The standard InChI is InChI=1S/C13H19NOS/c1-3-4-5-10(2)14-13(15)11-6-8-12(16)9-7-11/h6-10,16H,3-5H2,1-2H3,(H,14,15). The summed E-state index contributed by atoms with van der Waals surface area (Å²) in [7, 11) is 0. The minimum atomic E-state index is -0.00284. The molecule has 1 aromatic rings. The number of carbonyl (C=O) groups excluding carboxylic acids is 1. The van der Waals surface area contributed by atoms with E-state index in [2.05, 4.69) is 24.9 Å². The first-order chi connectivity index (χ1) is 7.63. The van der Waals surface area contributed by atoms with Gasteiger partial charge in [0, 0.05) is 16.5 Å². The minimum Gasteiger partial charge on any atom is -0.350 e. The van der Waals surface area contributed by atoms with E-state index >= 15 is 0 Å². The van der Waals surface area contributed by atoms with Crippen LogP contribution >= 0.6 is 12.6 Å². The zero-order chi connectivity index (χ0) is 12.0. The van der Waals surface area contributed by atoms with E-state index < -0.39 is 0 Å². The molecule has 1 aromatic carbocycles. The molecule has 0 aromatic heterocycles. The second-order valence-electron chi connectivity index (χ2n) is 4.06. The lowest BCUT2D eigenvalue weighted by Gasteiger charge is -2.13. The van der Waals surface area contributed by atoms with Gasteiger partial charge in [-0.1, -0.05) is 19.8 Å². The molecule has 1 unspecified atom stereocenters. The van der Waals surface area contributed by atoms with Gasteiger partial charge in [0.25, 0.3) is 5.91 Å². The third kappa shape index (κ3) is 4.27. The lowest BCUT2D eigenvalue weighted by molar-refractivity contribution is 0.0938. The highest BCUT2D eigenvalue weighted by atomic mass is 32.1. The Hall–Kier alpha value is -0.960. The highest BCUT2D eigenvalue weighted by Gasteiger charge is 2.08. The Kier molecular flexibility index (Phi) is 5.39. The smallest absolute Gasteiger partial charge is 0.251 e. The minimum absolute atomic E-state index is 0.00284. The molecule has 0 aliphatic rings. The number of thiol groups is 1. The molecule has 1 atom stereocenters. The van der Waals surface area contributed by atoms with Crippen LogP contribution in [-0.2, 0) is 0 Å². The average molecular weight is 237 g/mol. The van der Waals surface area contributed by atoms with Crippen LogP contribution in [0.5, 0.6) is 0 Å². The highest BCUT2D eigenvalue weighted by Crippen LogP contribution is 2.08. The Labute approximate surface area is 103 Å². The second-order valence-corrected chi connectivity index (χ2v) is 4.58. The average Bonchev–Trinajstić information content (AvgIpc) is 2.27. The van der Waals surface area contributed by atoms with Crippen molar-refractivity contribution in [2.24, 2.45) is 0 Å². The lowest BCUT2D eigenvalue weighted by atomic mass is 10.1. The number of carbonyl (C=O) groups is 1. The second kappa shape index (κ2) is 6.59. The van der Waals surface area contributed by atoms with E-state index in [1.165, 1.54) is 0 Å². The third-order valence-electron chi connectivity index (χ3n) is 2.50. The fraction of sp³-hybridized carbons (Fsp3) is 0.462. The predicted molar refractivity (Wildman–Crippen MR) is 70.1 cm³/mol. The van der Waals surface area contributed by atoms with Gasteiger partial charge < -0.3 is 5.32 Å². The molecule has 3 heteroatoms. The molecule has 1 N–H and O–H groups in total. The highest BCUT2D eigenvalue weighted by molar-refractivity contribution is 7.80. The van der Waals surface area contributed by atoms with Gasteiger partial charge in [0.05, 0.1) is 0 Å². The van der Waals surface area contributed by atoms with Gasteiger partial charge in [-0.05, 0) is 37.6 Å². The summed E-state index contributed by atoms with van der Waals surface area (Å²) >= 11 is 4.18. The third-order valence-corrected chi connectivity index (χ3v) is 2.80. The van der Waals surface area contributed by atoms with Crippen LogP contribution in [0.2, 0.25) is 0 Å². The monoisotopic (exact) mass is 237 g/mol. The fourth-order valence-corrected chi connectivity index (χ4v) is 1.65. The maximum absolute atomic E-state index is 11.8. The summed E-state index contributed by atoms with van der Waals surface area (Å²) in [6, 6.07) is 7.49. The molecule has 0 aliphatic carbocycles. The normalized spacial score (nSPS) is 12.2. The van der Waals surface area contributed by atoms with Crippen molar-refractivity contribution < 1.29 is 4.79 Å². The van der Waals surface area contributed by atoms with Crippen LogP contribution in [0.25, 0.3) is 0 Å². The van der Waals surface area contributed by atoms with Crippen LogP contribution in [0.4, 0.5) is 0 Å². The van der Waals surface area contributed by atoms with Crippen molar-refractivity contribution in [3.05, 3.63) is 29.8 Å². The molecule has 0 saturated carbocycles. The molecule has 1 rings (SSSR count). The SMILES string of the molecule is CCCCC(C)NC(=O)c1ccc(S)cc1. The van der Waals surface area contributed by atoms with Crippen LogP contribution in [0.1, 0.15) is 43.5 Å². The van der Waals surface area contributed by atoms with E-state index in [-0.39, 0.29) is 11.9 Å². The molecule has 1 amide bonds. The molecule has 0 aliphatic heterocycles. The van der Waals surface area contributed by atoms with Crippen molar-refractivity contribution in [2.75, 3.05) is 0 Å². The van der Waals surface area contributed by atoms with Crippen LogP contribution < -0.4 is 5.32 Å². The van der Waals surface area contributed by atoms with Crippen molar-refractivity contribution in [3.63, 3.8) is 0 Å². The van der Waals surface area contributed by atoms with Gasteiger partial charge in [0.2, 0.25) is 0 Å². The van der Waals surface area contributed by atoms with E-state index in [0.717, 1.165) is 24.2 Å². The molecule has 0 radical (unpaired) electrons. The van der Waals surface area contributed by atoms with Crippen LogP contribution in [0.15, 0.2) is 29.2 Å². The molecule has 0 saturated heterocycles. The Morgan fingerprint density at radius 3 is 2.56 bits per heavy atom. The molecule has 16 heavy (non-hydrogen) atoms. The number of hydrogen-bond donors (Lipinski definition) is 2. The first kappa shape index (κ1) is 13.1. The zero-order valence-electron chi connectivity index (χ0n) is 9.86. The van der Waals surface area contributed by atoms with Crippen LogP contribution in [-0.4, -0.2) is 11.9 Å². The van der Waals surface area contributed by atoms with Crippen molar-refractivity contribution >= 4 is 18.5 Å². The van der Waals surface area contributed by atoms with Crippen LogP contribution in [0.3, 0.4) is 0 Å². The topological polar surface area (TPSA) is 29.1 Å². The summed E-state index contributed by atoms with van der Waals surface area (Å²) in [5.74, 6) is -0.00284. The predicted octanol–water partition coefficient (Wildman–Crippen LogP) is 3.28. The Balaban J connectivity index is 2.48. The summed E-state index contributed by atoms with van der Waals surface area (Å²) in [5, 5.41) is 2.99. The quantitative estimate of drug-likeness (QED) is 0.756. The zero-order valence-corrected chi connectivity index (χ0v) is 10.8. The van der Waals surface area contributed by atoms with E-state index in [1.54, 1.807) is 12.1 Å². The lowest BCUT2D eigenvalue weighted by Crippen LogP contribution is -2.32. The van der Waals surface area contributed by atoms with Crippen molar-refractivity contribution in [2.45, 2.75) is 44.0 Å². The maximum atomic E-state index is 11.8. The molecule has 0 fully saturated rings. The van der Waals surface area contributed by atoms with Crippen molar-refractivity contribution in [3.8, 4) is 0 Å². The number of unbranched alkanes of at least 4 members (excludes halogenated alkanes) is 1.